The minimum absolute atomic E-state index is 0.0556. The molecule has 1 atom stereocenters. The highest BCUT2D eigenvalue weighted by atomic mass is 16.5. The topological polar surface area (TPSA) is 77.8 Å². The van der Waals surface area contributed by atoms with E-state index < -0.39 is 5.97 Å². The van der Waals surface area contributed by atoms with Gasteiger partial charge in [0.1, 0.15) is 5.58 Å². The number of ether oxygens (including phenoxy) is 2. The second-order valence-corrected chi connectivity index (χ2v) is 6.70. The van der Waals surface area contributed by atoms with Crippen LogP contribution < -0.4 is 5.32 Å². The summed E-state index contributed by atoms with van der Waals surface area (Å²) in [4.78, 5) is 24.0. The lowest BCUT2D eigenvalue weighted by Crippen LogP contribution is -2.35. The van der Waals surface area contributed by atoms with Gasteiger partial charge in [-0.05, 0) is 29.7 Å². The van der Waals surface area contributed by atoms with E-state index in [1.807, 2.05) is 36.4 Å². The molecule has 1 fully saturated rings. The number of amides is 1. The van der Waals surface area contributed by atoms with Gasteiger partial charge >= 0.3 is 5.97 Å². The minimum Gasteiger partial charge on any atom is -0.464 e. The molecule has 4 rings (SSSR count). The summed E-state index contributed by atoms with van der Waals surface area (Å²) in [5.41, 5.74) is 1.48. The van der Waals surface area contributed by atoms with Gasteiger partial charge in [-0.25, -0.2) is 0 Å². The van der Waals surface area contributed by atoms with Gasteiger partial charge in [-0.15, -0.1) is 0 Å². The van der Waals surface area contributed by atoms with Crippen LogP contribution in [0.1, 0.15) is 18.4 Å². The van der Waals surface area contributed by atoms with Gasteiger partial charge in [0.15, 0.2) is 6.61 Å². The van der Waals surface area contributed by atoms with E-state index in [1.165, 1.54) is 0 Å². The summed E-state index contributed by atoms with van der Waals surface area (Å²) in [6.07, 6.45) is 3.66. The Morgan fingerprint density at radius 1 is 1.19 bits per heavy atom. The molecule has 140 valence electrons. The van der Waals surface area contributed by atoms with Crippen molar-refractivity contribution in [3.05, 3.63) is 48.2 Å². The summed E-state index contributed by atoms with van der Waals surface area (Å²) < 4.78 is 16.1. The molecule has 1 amide bonds. The fourth-order valence-electron chi connectivity index (χ4n) is 3.44. The third kappa shape index (κ3) is 3.95. The molecule has 3 aromatic rings. The van der Waals surface area contributed by atoms with E-state index in [9.17, 15) is 9.59 Å². The van der Waals surface area contributed by atoms with Gasteiger partial charge < -0.3 is 19.2 Å². The van der Waals surface area contributed by atoms with Crippen molar-refractivity contribution in [3.8, 4) is 0 Å². The van der Waals surface area contributed by atoms with Crippen LogP contribution in [-0.2, 0) is 25.5 Å². The van der Waals surface area contributed by atoms with Crippen LogP contribution in [0.15, 0.2) is 47.1 Å². The highest BCUT2D eigenvalue weighted by Gasteiger charge is 2.18. The highest BCUT2D eigenvalue weighted by molar-refractivity contribution is 6.08. The molecule has 1 aromatic heterocycles. The number of carbonyl (C=O) groups is 2. The predicted molar refractivity (Wildman–Crippen MR) is 100 cm³/mol. The fraction of sp³-hybridized carbons (Fsp3) is 0.333. The standard InChI is InChI=1S/C21H21NO5/c23-19(22-11-16-5-3-9-25-16)13-27-20(24)10-15-12-26-18-8-7-14-4-1-2-6-17(14)21(15)18/h1-2,4,6-8,12,16H,3,5,9-11,13H2,(H,22,23)/t16-/m1/s1. The number of hydrogen-bond donors (Lipinski definition) is 1. The average Bonchev–Trinajstić information content (AvgIpc) is 3.35. The lowest BCUT2D eigenvalue weighted by Gasteiger charge is -2.10. The van der Waals surface area contributed by atoms with Crippen LogP contribution >= 0.6 is 0 Å². The van der Waals surface area contributed by atoms with Gasteiger partial charge in [0, 0.05) is 24.1 Å². The molecule has 0 spiro atoms. The van der Waals surface area contributed by atoms with E-state index in [2.05, 4.69) is 5.32 Å². The Morgan fingerprint density at radius 3 is 2.93 bits per heavy atom. The van der Waals surface area contributed by atoms with E-state index >= 15 is 0 Å². The maximum Gasteiger partial charge on any atom is 0.310 e. The van der Waals surface area contributed by atoms with Crippen LogP contribution in [0, 0.1) is 0 Å². The van der Waals surface area contributed by atoms with Crippen molar-refractivity contribution in [2.75, 3.05) is 19.8 Å². The first-order chi connectivity index (χ1) is 13.2. The van der Waals surface area contributed by atoms with Crippen molar-refractivity contribution < 1.29 is 23.5 Å². The lowest BCUT2D eigenvalue weighted by atomic mass is 10.0. The quantitative estimate of drug-likeness (QED) is 0.678. The zero-order valence-electron chi connectivity index (χ0n) is 14.9. The number of esters is 1. The zero-order chi connectivity index (χ0) is 18.6. The van der Waals surface area contributed by atoms with E-state index in [4.69, 9.17) is 13.9 Å². The number of benzene rings is 2. The number of rotatable bonds is 6. The van der Waals surface area contributed by atoms with Crippen molar-refractivity contribution in [2.24, 2.45) is 0 Å². The molecule has 0 unspecified atom stereocenters. The van der Waals surface area contributed by atoms with Gasteiger partial charge in [-0.2, -0.15) is 0 Å². The molecule has 1 saturated heterocycles. The summed E-state index contributed by atoms with van der Waals surface area (Å²) in [5, 5.41) is 5.75. The van der Waals surface area contributed by atoms with Gasteiger partial charge in [0.2, 0.25) is 0 Å². The smallest absolute Gasteiger partial charge is 0.310 e. The molecule has 1 aliphatic heterocycles. The third-order valence-electron chi connectivity index (χ3n) is 4.79. The first-order valence-corrected chi connectivity index (χ1v) is 9.12. The Morgan fingerprint density at radius 2 is 2.07 bits per heavy atom. The SMILES string of the molecule is O=C(COC(=O)Cc1coc2ccc3ccccc3c12)NC[C@H]1CCCO1. The van der Waals surface area contributed by atoms with E-state index in [0.717, 1.165) is 46.8 Å². The van der Waals surface area contributed by atoms with Crippen molar-refractivity contribution in [1.82, 2.24) is 5.32 Å². The Kier molecular flexibility index (Phi) is 5.07. The molecule has 1 N–H and O–H groups in total. The molecular weight excluding hydrogens is 346 g/mol. The van der Waals surface area contributed by atoms with Crippen LogP contribution in [0.3, 0.4) is 0 Å². The van der Waals surface area contributed by atoms with Crippen LogP contribution in [0.4, 0.5) is 0 Å². The molecule has 2 aromatic carbocycles. The lowest BCUT2D eigenvalue weighted by molar-refractivity contribution is -0.148. The summed E-state index contributed by atoms with van der Waals surface area (Å²) in [6, 6.07) is 11.8. The van der Waals surface area contributed by atoms with Crippen molar-refractivity contribution in [2.45, 2.75) is 25.4 Å². The second-order valence-electron chi connectivity index (χ2n) is 6.70. The number of nitrogens with one attached hydrogen (secondary N) is 1. The molecule has 6 heteroatoms. The van der Waals surface area contributed by atoms with Gasteiger partial charge in [0.05, 0.1) is 18.8 Å². The average molecular weight is 367 g/mol. The number of fused-ring (bicyclic) bond motifs is 3. The third-order valence-corrected chi connectivity index (χ3v) is 4.79. The molecular formula is C21H21NO5. The Labute approximate surface area is 156 Å². The minimum atomic E-state index is -0.460. The second kappa shape index (κ2) is 7.80. The van der Waals surface area contributed by atoms with Gasteiger partial charge in [0.25, 0.3) is 5.91 Å². The number of carbonyl (C=O) groups excluding carboxylic acids is 2. The highest BCUT2D eigenvalue weighted by Crippen LogP contribution is 2.30. The van der Waals surface area contributed by atoms with Crippen molar-refractivity contribution >= 4 is 33.6 Å². The van der Waals surface area contributed by atoms with Crippen molar-refractivity contribution in [1.29, 1.82) is 0 Å². The first-order valence-electron chi connectivity index (χ1n) is 9.12. The molecule has 6 nitrogen and oxygen atoms in total. The Balaban J connectivity index is 1.36. The molecule has 1 aliphatic rings. The maximum absolute atomic E-state index is 12.2. The van der Waals surface area contributed by atoms with Crippen LogP contribution in [-0.4, -0.2) is 37.7 Å². The van der Waals surface area contributed by atoms with Crippen LogP contribution in [0.25, 0.3) is 21.7 Å². The molecule has 0 saturated carbocycles. The van der Waals surface area contributed by atoms with E-state index in [-0.39, 0.29) is 25.0 Å². The Bertz CT molecular complexity index is 971. The van der Waals surface area contributed by atoms with E-state index in [1.54, 1.807) is 6.26 Å². The molecule has 0 bridgehead atoms. The van der Waals surface area contributed by atoms with E-state index in [0.29, 0.717) is 6.54 Å². The van der Waals surface area contributed by atoms with Crippen molar-refractivity contribution in [3.63, 3.8) is 0 Å². The molecule has 2 heterocycles. The first kappa shape index (κ1) is 17.5. The van der Waals surface area contributed by atoms with Gasteiger partial charge in [-0.3, -0.25) is 9.59 Å². The summed E-state index contributed by atoms with van der Waals surface area (Å²) in [7, 11) is 0. The molecule has 27 heavy (non-hydrogen) atoms. The van der Waals surface area contributed by atoms with Crippen LogP contribution in [0.2, 0.25) is 0 Å². The monoisotopic (exact) mass is 367 g/mol. The largest absolute Gasteiger partial charge is 0.464 e. The normalized spacial score (nSPS) is 16.7. The van der Waals surface area contributed by atoms with Crippen LogP contribution in [0.5, 0.6) is 0 Å². The molecule has 0 aliphatic carbocycles. The predicted octanol–water partition coefficient (Wildman–Crippen LogP) is 2.97. The zero-order valence-corrected chi connectivity index (χ0v) is 14.9. The molecule has 0 radical (unpaired) electrons. The fourth-order valence-corrected chi connectivity index (χ4v) is 3.44. The summed E-state index contributed by atoms with van der Waals surface area (Å²) in [5.74, 6) is -0.778. The summed E-state index contributed by atoms with van der Waals surface area (Å²) in [6.45, 7) is 0.902. The van der Waals surface area contributed by atoms with Gasteiger partial charge in [-0.1, -0.05) is 30.3 Å². The maximum atomic E-state index is 12.2. The Hall–Kier alpha value is -2.86. The summed E-state index contributed by atoms with van der Waals surface area (Å²) >= 11 is 0. The number of hydrogen-bond acceptors (Lipinski definition) is 5. The number of furan rings is 1.